The Morgan fingerprint density at radius 3 is 2.27 bits per heavy atom. The lowest BCUT2D eigenvalue weighted by molar-refractivity contribution is -0.144. The smallest absolute Gasteiger partial charge is 0.408 e. The fraction of sp³-hybridized carbons (Fsp3) is 0.677. The molecule has 1 aromatic rings. The summed E-state index contributed by atoms with van der Waals surface area (Å²) in [5.74, 6) is -1.04. The molecule has 40 heavy (non-hydrogen) atoms. The first kappa shape index (κ1) is 34.9. The number of ether oxygens (including phenoxy) is 2. The van der Waals surface area contributed by atoms with Crippen molar-refractivity contribution in [2.75, 3.05) is 19.7 Å². The average Bonchev–Trinajstić information content (AvgIpc) is 2.83. The first-order chi connectivity index (χ1) is 18.7. The fourth-order valence-corrected chi connectivity index (χ4v) is 4.38. The van der Waals surface area contributed by atoms with Gasteiger partial charge < -0.3 is 25.0 Å². The lowest BCUT2D eigenvalue weighted by atomic mass is 9.94. The average molecular weight is 562 g/mol. The normalized spacial score (nSPS) is 12.8. The van der Waals surface area contributed by atoms with E-state index < -0.39 is 29.7 Å². The second-order valence-corrected chi connectivity index (χ2v) is 11.6. The van der Waals surface area contributed by atoms with Crippen LogP contribution in [0.2, 0.25) is 0 Å². The summed E-state index contributed by atoms with van der Waals surface area (Å²) in [5.41, 5.74) is 1.88. The second kappa shape index (κ2) is 16.9. The number of nitrogens with one attached hydrogen (secondary N) is 2. The number of aryl methyl sites for hydroxylation is 1. The third-order valence-electron chi connectivity index (χ3n) is 6.42. The Kier molecular flexibility index (Phi) is 14.7. The molecule has 0 saturated carbocycles. The summed E-state index contributed by atoms with van der Waals surface area (Å²) in [6.45, 7) is 17.6. The van der Waals surface area contributed by atoms with Crippen molar-refractivity contribution in [3.05, 3.63) is 34.9 Å². The molecule has 9 nitrogen and oxygen atoms in total. The van der Waals surface area contributed by atoms with Gasteiger partial charge in [-0.2, -0.15) is 0 Å². The van der Waals surface area contributed by atoms with Crippen LogP contribution in [0.25, 0.3) is 0 Å². The quantitative estimate of drug-likeness (QED) is 0.220. The van der Waals surface area contributed by atoms with Crippen LogP contribution in [0.4, 0.5) is 4.79 Å². The van der Waals surface area contributed by atoms with Gasteiger partial charge in [-0.3, -0.25) is 14.4 Å². The number of hydrogen-bond acceptors (Lipinski definition) is 6. The SMILES string of the molecule is CCCCCN(C(=O)C(CC(C)C)NC(=O)OC(C)(C)C)C(C(=O)NCCC(=O)OCC)c1cccc(C)c1C. The van der Waals surface area contributed by atoms with E-state index >= 15 is 0 Å². The Hall–Kier alpha value is -3.10. The third kappa shape index (κ3) is 12.0. The zero-order chi connectivity index (χ0) is 30.5. The maximum Gasteiger partial charge on any atom is 0.408 e. The highest BCUT2D eigenvalue weighted by Crippen LogP contribution is 2.28. The first-order valence-electron chi connectivity index (χ1n) is 14.5. The Labute approximate surface area is 240 Å². The molecule has 0 aliphatic carbocycles. The predicted molar refractivity (Wildman–Crippen MR) is 157 cm³/mol. The van der Waals surface area contributed by atoms with E-state index in [0.29, 0.717) is 24.9 Å². The van der Waals surface area contributed by atoms with Crippen molar-refractivity contribution in [2.45, 2.75) is 112 Å². The van der Waals surface area contributed by atoms with Gasteiger partial charge in [-0.25, -0.2) is 4.79 Å². The van der Waals surface area contributed by atoms with E-state index in [2.05, 4.69) is 17.6 Å². The maximum atomic E-state index is 14.3. The van der Waals surface area contributed by atoms with Gasteiger partial charge in [0.25, 0.3) is 0 Å². The van der Waals surface area contributed by atoms with Gasteiger partial charge in [-0.15, -0.1) is 0 Å². The molecule has 0 saturated heterocycles. The molecule has 9 heteroatoms. The van der Waals surface area contributed by atoms with Crippen LogP contribution in [0.3, 0.4) is 0 Å². The number of amides is 3. The van der Waals surface area contributed by atoms with Crippen LogP contribution < -0.4 is 10.6 Å². The molecule has 0 bridgehead atoms. The topological polar surface area (TPSA) is 114 Å². The van der Waals surface area contributed by atoms with Crippen LogP contribution >= 0.6 is 0 Å². The molecular formula is C31H51N3O6. The minimum atomic E-state index is -0.943. The number of benzene rings is 1. The van der Waals surface area contributed by atoms with Crippen molar-refractivity contribution < 1.29 is 28.7 Å². The number of alkyl carbamates (subject to hydrolysis) is 1. The highest BCUT2D eigenvalue weighted by molar-refractivity contribution is 5.92. The molecule has 0 spiro atoms. The van der Waals surface area contributed by atoms with Crippen LogP contribution in [-0.2, 0) is 23.9 Å². The van der Waals surface area contributed by atoms with Gasteiger partial charge in [0, 0.05) is 13.1 Å². The summed E-state index contributed by atoms with van der Waals surface area (Å²) in [6.07, 6.45) is 2.24. The Bertz CT molecular complexity index is 986. The van der Waals surface area contributed by atoms with E-state index in [9.17, 15) is 19.2 Å². The summed E-state index contributed by atoms with van der Waals surface area (Å²) >= 11 is 0. The molecule has 2 N–H and O–H groups in total. The van der Waals surface area contributed by atoms with E-state index in [1.807, 2.05) is 45.9 Å². The monoisotopic (exact) mass is 561 g/mol. The van der Waals surface area contributed by atoms with Crippen molar-refractivity contribution in [3.63, 3.8) is 0 Å². The fourth-order valence-electron chi connectivity index (χ4n) is 4.38. The second-order valence-electron chi connectivity index (χ2n) is 11.6. The van der Waals surface area contributed by atoms with E-state index in [1.165, 1.54) is 0 Å². The standard InChI is InChI=1S/C31H51N3O6/c1-10-12-13-19-34(29(37)25(20-21(3)4)33-30(38)40-31(7,8)9)27(24-16-14-15-22(5)23(24)6)28(36)32-18-17-26(35)39-11-2/h14-16,21,25,27H,10-13,17-20H2,1-9H3,(H,32,36)(H,33,38). The summed E-state index contributed by atoms with van der Waals surface area (Å²) in [6, 6.07) is 3.87. The lowest BCUT2D eigenvalue weighted by Gasteiger charge is -2.35. The van der Waals surface area contributed by atoms with Crippen LogP contribution in [0, 0.1) is 19.8 Å². The van der Waals surface area contributed by atoms with Crippen molar-refractivity contribution in [1.82, 2.24) is 15.5 Å². The van der Waals surface area contributed by atoms with E-state index in [4.69, 9.17) is 9.47 Å². The Balaban J connectivity index is 3.51. The molecule has 0 radical (unpaired) electrons. The number of esters is 1. The van der Waals surface area contributed by atoms with E-state index in [1.54, 1.807) is 32.6 Å². The molecule has 0 aliphatic rings. The number of carbonyl (C=O) groups excluding carboxylic acids is 4. The summed E-state index contributed by atoms with van der Waals surface area (Å²) in [5, 5.41) is 5.62. The largest absolute Gasteiger partial charge is 0.466 e. The minimum Gasteiger partial charge on any atom is -0.466 e. The van der Waals surface area contributed by atoms with Gasteiger partial charge in [0.05, 0.1) is 13.0 Å². The Morgan fingerprint density at radius 2 is 1.70 bits per heavy atom. The minimum absolute atomic E-state index is 0.0268. The maximum absolute atomic E-state index is 14.3. The summed E-state index contributed by atoms with van der Waals surface area (Å²) in [7, 11) is 0. The number of carbonyl (C=O) groups is 4. The van der Waals surface area contributed by atoms with Crippen LogP contribution in [0.15, 0.2) is 18.2 Å². The number of unbranched alkanes of at least 4 members (excludes halogenated alkanes) is 2. The molecule has 2 atom stereocenters. The predicted octanol–water partition coefficient (Wildman–Crippen LogP) is 5.37. The molecular weight excluding hydrogens is 510 g/mol. The number of nitrogens with zero attached hydrogens (tertiary/aromatic N) is 1. The number of hydrogen-bond donors (Lipinski definition) is 2. The van der Waals surface area contributed by atoms with Gasteiger partial charge in [0.2, 0.25) is 11.8 Å². The summed E-state index contributed by atoms with van der Waals surface area (Å²) in [4.78, 5) is 54.3. The van der Waals surface area contributed by atoms with Crippen LogP contribution in [0.5, 0.6) is 0 Å². The van der Waals surface area contributed by atoms with Crippen molar-refractivity contribution in [1.29, 1.82) is 0 Å². The molecule has 0 aliphatic heterocycles. The summed E-state index contributed by atoms with van der Waals surface area (Å²) < 4.78 is 10.4. The van der Waals surface area contributed by atoms with Gasteiger partial charge in [0.1, 0.15) is 17.7 Å². The molecule has 3 amide bonds. The highest BCUT2D eigenvalue weighted by Gasteiger charge is 2.37. The van der Waals surface area contributed by atoms with Gasteiger partial charge >= 0.3 is 12.1 Å². The van der Waals surface area contributed by atoms with Gasteiger partial charge in [-0.05, 0) is 77.0 Å². The Morgan fingerprint density at radius 1 is 1.02 bits per heavy atom. The molecule has 1 rings (SSSR count). The first-order valence-corrected chi connectivity index (χ1v) is 14.5. The zero-order valence-electron chi connectivity index (χ0n) is 26.0. The third-order valence-corrected chi connectivity index (χ3v) is 6.42. The zero-order valence-corrected chi connectivity index (χ0v) is 26.0. The van der Waals surface area contributed by atoms with Crippen molar-refractivity contribution in [2.24, 2.45) is 5.92 Å². The highest BCUT2D eigenvalue weighted by atomic mass is 16.6. The molecule has 0 heterocycles. The van der Waals surface area contributed by atoms with Crippen LogP contribution in [0.1, 0.15) is 103 Å². The van der Waals surface area contributed by atoms with Crippen molar-refractivity contribution in [3.8, 4) is 0 Å². The van der Waals surface area contributed by atoms with Crippen LogP contribution in [-0.4, -0.2) is 60.1 Å². The molecule has 0 fully saturated rings. The molecule has 2 unspecified atom stereocenters. The molecule has 226 valence electrons. The number of rotatable bonds is 15. The van der Waals surface area contributed by atoms with E-state index in [-0.39, 0.29) is 37.3 Å². The van der Waals surface area contributed by atoms with Gasteiger partial charge in [-0.1, -0.05) is 51.8 Å². The van der Waals surface area contributed by atoms with Crippen molar-refractivity contribution >= 4 is 23.9 Å². The molecule has 0 aromatic heterocycles. The molecule has 1 aromatic carbocycles. The lowest BCUT2D eigenvalue weighted by Crippen LogP contribution is -2.53. The van der Waals surface area contributed by atoms with Gasteiger partial charge in [0.15, 0.2) is 0 Å². The van der Waals surface area contributed by atoms with E-state index in [0.717, 1.165) is 24.0 Å².